The van der Waals surface area contributed by atoms with E-state index < -0.39 is 0 Å². The normalized spacial score (nSPS) is 10.6. The molecule has 3 heteroatoms. The molecule has 0 spiro atoms. The maximum Gasteiger partial charge on any atom is 0.0745 e. The number of nitrogens with zero attached hydrogens (tertiary/aromatic N) is 1. The molecular formula is C8H9NOS. The van der Waals surface area contributed by atoms with Gasteiger partial charge >= 0.3 is 0 Å². The Hall–Kier alpha value is -0.960. The van der Waals surface area contributed by atoms with Crippen LogP contribution >= 0.6 is 11.8 Å². The molecule has 2 nitrogen and oxygen atoms in total. The van der Waals surface area contributed by atoms with Gasteiger partial charge in [-0.15, -0.1) is 11.8 Å². The average Bonchev–Trinajstić information content (AvgIpc) is 2.06. The van der Waals surface area contributed by atoms with Gasteiger partial charge in [-0.05, 0) is 12.3 Å². The van der Waals surface area contributed by atoms with Gasteiger partial charge in [0.25, 0.3) is 0 Å². The van der Waals surface area contributed by atoms with E-state index in [4.69, 9.17) is 5.21 Å². The topological polar surface area (TPSA) is 32.6 Å². The van der Waals surface area contributed by atoms with Gasteiger partial charge in [0, 0.05) is 10.5 Å². The number of rotatable bonds is 2. The van der Waals surface area contributed by atoms with Crippen molar-refractivity contribution >= 4 is 18.0 Å². The summed E-state index contributed by atoms with van der Waals surface area (Å²) in [5, 5.41) is 11.3. The summed E-state index contributed by atoms with van der Waals surface area (Å²) in [6.07, 6.45) is 3.43. The summed E-state index contributed by atoms with van der Waals surface area (Å²) in [6.45, 7) is 0. The monoisotopic (exact) mass is 167 g/mol. The molecule has 0 aliphatic heterocycles. The third-order valence-electron chi connectivity index (χ3n) is 1.34. The molecule has 0 bridgehead atoms. The first-order chi connectivity index (χ1) is 5.38. The highest BCUT2D eigenvalue weighted by Gasteiger charge is 1.95. The highest BCUT2D eigenvalue weighted by Crippen LogP contribution is 2.17. The Morgan fingerprint density at radius 1 is 1.45 bits per heavy atom. The summed E-state index contributed by atoms with van der Waals surface area (Å²) >= 11 is 1.63. The first kappa shape index (κ1) is 8.14. The zero-order chi connectivity index (χ0) is 8.10. The average molecular weight is 167 g/mol. The third kappa shape index (κ3) is 1.98. The lowest BCUT2D eigenvalue weighted by Crippen LogP contribution is -1.83. The molecule has 0 aliphatic rings. The Balaban J connectivity index is 3.02. The minimum absolute atomic E-state index is 0.947. The quantitative estimate of drug-likeness (QED) is 0.317. The van der Waals surface area contributed by atoms with Crippen molar-refractivity contribution in [1.82, 2.24) is 0 Å². The lowest BCUT2D eigenvalue weighted by Gasteiger charge is -1.98. The van der Waals surface area contributed by atoms with Crippen LogP contribution in [-0.4, -0.2) is 17.7 Å². The molecule has 0 saturated heterocycles. The van der Waals surface area contributed by atoms with Gasteiger partial charge in [-0.2, -0.15) is 0 Å². The van der Waals surface area contributed by atoms with Gasteiger partial charge in [0.05, 0.1) is 6.21 Å². The third-order valence-corrected chi connectivity index (χ3v) is 2.15. The van der Waals surface area contributed by atoms with Crippen LogP contribution in [0.2, 0.25) is 0 Å². The van der Waals surface area contributed by atoms with Gasteiger partial charge in [0.2, 0.25) is 0 Å². The maximum atomic E-state index is 8.30. The Labute approximate surface area is 69.9 Å². The second-order valence-electron chi connectivity index (χ2n) is 1.99. The number of hydrogen-bond acceptors (Lipinski definition) is 3. The van der Waals surface area contributed by atoms with E-state index in [0.717, 1.165) is 10.5 Å². The predicted molar refractivity (Wildman–Crippen MR) is 47.6 cm³/mol. The molecule has 0 aromatic heterocycles. The van der Waals surface area contributed by atoms with E-state index in [0.29, 0.717) is 0 Å². The van der Waals surface area contributed by atoms with Gasteiger partial charge in [0.1, 0.15) is 0 Å². The van der Waals surface area contributed by atoms with Gasteiger partial charge < -0.3 is 5.21 Å². The Morgan fingerprint density at radius 3 is 2.82 bits per heavy atom. The molecule has 0 aliphatic carbocycles. The predicted octanol–water partition coefficient (Wildman–Crippen LogP) is 2.22. The molecule has 0 atom stereocenters. The molecule has 1 N–H and O–H groups in total. The van der Waals surface area contributed by atoms with E-state index in [-0.39, 0.29) is 0 Å². The fraction of sp³-hybridized carbons (Fsp3) is 0.125. The zero-order valence-electron chi connectivity index (χ0n) is 6.19. The van der Waals surface area contributed by atoms with E-state index in [1.165, 1.54) is 6.21 Å². The summed E-state index contributed by atoms with van der Waals surface area (Å²) in [5.74, 6) is 0. The van der Waals surface area contributed by atoms with Crippen molar-refractivity contribution in [2.45, 2.75) is 4.90 Å². The molecule has 0 fully saturated rings. The van der Waals surface area contributed by atoms with Crippen molar-refractivity contribution in [3.63, 3.8) is 0 Å². The van der Waals surface area contributed by atoms with E-state index >= 15 is 0 Å². The molecule has 0 saturated carbocycles. The number of hydrogen-bond donors (Lipinski definition) is 1. The van der Waals surface area contributed by atoms with Gasteiger partial charge in [0.15, 0.2) is 0 Å². The highest BCUT2D eigenvalue weighted by atomic mass is 32.2. The number of thioether (sulfide) groups is 1. The minimum Gasteiger partial charge on any atom is -0.411 e. The molecule has 0 unspecified atom stereocenters. The second kappa shape index (κ2) is 4.03. The molecule has 11 heavy (non-hydrogen) atoms. The Kier molecular flexibility index (Phi) is 2.98. The molecule has 0 radical (unpaired) electrons. The van der Waals surface area contributed by atoms with Crippen molar-refractivity contribution < 1.29 is 5.21 Å². The molecular weight excluding hydrogens is 158 g/mol. The van der Waals surface area contributed by atoms with Crippen molar-refractivity contribution in [3.05, 3.63) is 29.8 Å². The van der Waals surface area contributed by atoms with E-state index in [1.54, 1.807) is 11.8 Å². The second-order valence-corrected chi connectivity index (χ2v) is 2.83. The summed E-state index contributed by atoms with van der Waals surface area (Å²) in [7, 11) is 0. The lowest BCUT2D eigenvalue weighted by atomic mass is 10.2. The summed E-state index contributed by atoms with van der Waals surface area (Å²) in [4.78, 5) is 1.12. The van der Waals surface area contributed by atoms with E-state index in [1.807, 2.05) is 30.5 Å². The summed E-state index contributed by atoms with van der Waals surface area (Å²) in [6, 6.07) is 7.77. The van der Waals surface area contributed by atoms with Gasteiger partial charge in [-0.25, -0.2) is 0 Å². The first-order valence-electron chi connectivity index (χ1n) is 3.19. The van der Waals surface area contributed by atoms with Crippen LogP contribution in [-0.2, 0) is 0 Å². The Morgan fingerprint density at radius 2 is 2.18 bits per heavy atom. The van der Waals surface area contributed by atoms with Crippen molar-refractivity contribution in [2.75, 3.05) is 6.26 Å². The van der Waals surface area contributed by atoms with E-state index in [2.05, 4.69) is 5.16 Å². The SMILES string of the molecule is CSc1ccccc1/C=N\O. The molecule has 0 heterocycles. The lowest BCUT2D eigenvalue weighted by molar-refractivity contribution is 0.322. The summed E-state index contributed by atoms with van der Waals surface area (Å²) < 4.78 is 0. The Bertz CT molecular complexity index is 260. The van der Waals surface area contributed by atoms with Crippen LogP contribution < -0.4 is 0 Å². The summed E-state index contributed by atoms with van der Waals surface area (Å²) in [5.41, 5.74) is 0.947. The fourth-order valence-corrected chi connectivity index (χ4v) is 1.41. The minimum atomic E-state index is 0.947. The van der Waals surface area contributed by atoms with Gasteiger partial charge in [-0.3, -0.25) is 0 Å². The van der Waals surface area contributed by atoms with Crippen LogP contribution in [0.1, 0.15) is 5.56 Å². The van der Waals surface area contributed by atoms with Crippen LogP contribution in [0, 0.1) is 0 Å². The zero-order valence-corrected chi connectivity index (χ0v) is 7.01. The van der Waals surface area contributed by atoms with Crippen LogP contribution in [0.15, 0.2) is 34.3 Å². The van der Waals surface area contributed by atoms with E-state index in [9.17, 15) is 0 Å². The van der Waals surface area contributed by atoms with Crippen molar-refractivity contribution in [3.8, 4) is 0 Å². The van der Waals surface area contributed by atoms with Gasteiger partial charge in [-0.1, -0.05) is 23.4 Å². The van der Waals surface area contributed by atoms with Crippen molar-refractivity contribution in [1.29, 1.82) is 0 Å². The molecule has 0 amide bonds. The molecule has 1 aromatic carbocycles. The van der Waals surface area contributed by atoms with Crippen molar-refractivity contribution in [2.24, 2.45) is 5.16 Å². The molecule has 58 valence electrons. The molecule has 1 aromatic rings. The van der Waals surface area contributed by atoms with Crippen LogP contribution in [0.3, 0.4) is 0 Å². The molecule has 1 rings (SSSR count). The van der Waals surface area contributed by atoms with Crippen LogP contribution in [0.25, 0.3) is 0 Å². The smallest absolute Gasteiger partial charge is 0.0745 e. The number of oxime groups is 1. The first-order valence-corrected chi connectivity index (χ1v) is 4.41. The number of benzene rings is 1. The largest absolute Gasteiger partial charge is 0.411 e. The maximum absolute atomic E-state index is 8.30. The highest BCUT2D eigenvalue weighted by molar-refractivity contribution is 7.98. The fourth-order valence-electron chi connectivity index (χ4n) is 0.835. The van der Waals surface area contributed by atoms with Crippen LogP contribution in [0.5, 0.6) is 0 Å². The van der Waals surface area contributed by atoms with Crippen LogP contribution in [0.4, 0.5) is 0 Å². The standard InChI is InChI=1S/C8H9NOS/c1-11-8-5-3-2-4-7(8)6-9-10/h2-6,10H,1H3/b9-6-.